The van der Waals surface area contributed by atoms with Crippen LogP contribution in [0.3, 0.4) is 0 Å². The van der Waals surface area contributed by atoms with Crippen molar-refractivity contribution in [1.82, 2.24) is 10.6 Å². The molecule has 0 heterocycles. The lowest BCUT2D eigenvalue weighted by Gasteiger charge is -2.36. The van der Waals surface area contributed by atoms with Gasteiger partial charge in [0.1, 0.15) is 25.3 Å². The number of ether oxygens (including phenoxy) is 2. The summed E-state index contributed by atoms with van der Waals surface area (Å²) in [6.07, 6.45) is -0.730. The van der Waals surface area contributed by atoms with E-state index in [0.29, 0.717) is 0 Å². The highest BCUT2D eigenvalue weighted by Crippen LogP contribution is 2.49. The van der Waals surface area contributed by atoms with Gasteiger partial charge in [0.15, 0.2) is 0 Å². The zero-order chi connectivity index (χ0) is 38.0. The summed E-state index contributed by atoms with van der Waals surface area (Å²) >= 11 is 1.53. The van der Waals surface area contributed by atoms with Gasteiger partial charge in [0.05, 0.1) is 4.75 Å². The molecule has 2 atom stereocenters. The van der Waals surface area contributed by atoms with Gasteiger partial charge in [-0.05, 0) is 51.4 Å². The zero-order valence-electron chi connectivity index (χ0n) is 30.5. The van der Waals surface area contributed by atoms with E-state index in [2.05, 4.69) is 71.3 Å². The number of amides is 2. The second-order valence-corrected chi connectivity index (χ2v) is 14.7. The minimum Gasteiger partial charge on any atom is -0.459 e. The monoisotopic (exact) mass is 746 g/mol. The number of carbonyl (C=O) groups is 3. The van der Waals surface area contributed by atoms with Crippen LogP contribution in [0.15, 0.2) is 170 Å². The molecule has 2 N–H and O–H groups in total. The highest BCUT2D eigenvalue weighted by molar-refractivity contribution is 8.00. The standard InChI is InChI=1S/C47H42N2O5S/c1-33(45(51)53-30-34-18-6-2-7-19-34)48-44(50)43(49-46(52)54-31-42-40-28-16-14-26-38(40)39-27-15-17-29-41(39)42)32-55-47(35-20-8-3-9-21-35,36-22-10-4-11-23-36)37-24-12-5-13-25-37/h2-29,33,42-43H,30-32H2,1H3,(H,48,50)(H,49,52)/t33-,43-/m0/s1. The van der Waals surface area contributed by atoms with Gasteiger partial charge in [-0.2, -0.15) is 0 Å². The second-order valence-electron chi connectivity index (χ2n) is 13.4. The smallest absolute Gasteiger partial charge is 0.407 e. The van der Waals surface area contributed by atoms with E-state index in [4.69, 9.17) is 9.47 Å². The van der Waals surface area contributed by atoms with Crippen LogP contribution in [-0.2, 0) is 30.4 Å². The number of benzene rings is 6. The van der Waals surface area contributed by atoms with Crippen LogP contribution in [0.5, 0.6) is 0 Å². The topological polar surface area (TPSA) is 93.7 Å². The van der Waals surface area contributed by atoms with E-state index in [1.165, 1.54) is 11.8 Å². The largest absolute Gasteiger partial charge is 0.459 e. The molecule has 0 aliphatic heterocycles. The van der Waals surface area contributed by atoms with E-state index in [-0.39, 0.29) is 24.9 Å². The molecule has 0 aromatic heterocycles. The summed E-state index contributed by atoms with van der Waals surface area (Å²) in [6.45, 7) is 1.74. The molecule has 7 rings (SSSR count). The molecule has 0 saturated carbocycles. The van der Waals surface area contributed by atoms with Crippen molar-refractivity contribution in [2.24, 2.45) is 0 Å². The van der Waals surface area contributed by atoms with E-state index in [1.807, 2.05) is 109 Å². The first-order chi connectivity index (χ1) is 26.9. The minimum atomic E-state index is -1.08. The molecule has 0 saturated heterocycles. The molecule has 1 aliphatic carbocycles. The summed E-state index contributed by atoms with van der Waals surface area (Å²) in [7, 11) is 0. The molecule has 276 valence electrons. The van der Waals surface area contributed by atoms with Gasteiger partial charge in [0, 0.05) is 11.7 Å². The molecule has 2 amide bonds. The van der Waals surface area contributed by atoms with Crippen LogP contribution in [-0.4, -0.2) is 42.4 Å². The quantitative estimate of drug-likeness (QED) is 0.0855. The molecule has 6 aromatic rings. The average Bonchev–Trinajstić information content (AvgIpc) is 3.56. The Morgan fingerprint density at radius 3 is 1.56 bits per heavy atom. The number of esters is 1. The summed E-state index contributed by atoms with van der Waals surface area (Å²) in [5.41, 5.74) is 8.27. The van der Waals surface area contributed by atoms with E-state index in [9.17, 15) is 14.4 Å². The third-order valence-corrected chi connectivity index (χ3v) is 11.5. The maximum absolute atomic E-state index is 14.2. The van der Waals surface area contributed by atoms with Crippen LogP contribution in [0.4, 0.5) is 4.79 Å². The second kappa shape index (κ2) is 17.3. The summed E-state index contributed by atoms with van der Waals surface area (Å²) < 4.78 is 10.7. The number of thioether (sulfide) groups is 1. The van der Waals surface area contributed by atoms with Crippen LogP contribution in [0.1, 0.15) is 46.2 Å². The van der Waals surface area contributed by atoms with Gasteiger partial charge in [-0.3, -0.25) is 4.79 Å². The van der Waals surface area contributed by atoms with E-state index >= 15 is 0 Å². The Kier molecular flexibility index (Phi) is 11.7. The van der Waals surface area contributed by atoms with Crippen molar-refractivity contribution in [3.05, 3.63) is 203 Å². The summed E-state index contributed by atoms with van der Waals surface area (Å²) in [5, 5.41) is 5.67. The molecule has 0 spiro atoms. The number of carbonyl (C=O) groups excluding carboxylic acids is 3. The van der Waals surface area contributed by atoms with Gasteiger partial charge in [-0.1, -0.05) is 170 Å². The molecule has 0 unspecified atom stereocenters. The fraction of sp³-hybridized carbons (Fsp3) is 0.170. The lowest BCUT2D eigenvalue weighted by atomic mass is 9.84. The Bertz CT molecular complexity index is 2070. The third kappa shape index (κ3) is 8.35. The number of rotatable bonds is 14. The van der Waals surface area contributed by atoms with E-state index in [1.54, 1.807) is 6.92 Å². The lowest BCUT2D eigenvalue weighted by molar-refractivity contribution is -0.148. The Labute approximate surface area is 326 Å². The van der Waals surface area contributed by atoms with E-state index < -0.39 is 34.8 Å². The summed E-state index contributed by atoms with van der Waals surface area (Å²) in [4.78, 5) is 41.0. The predicted molar refractivity (Wildman–Crippen MR) is 218 cm³/mol. The first-order valence-corrected chi connectivity index (χ1v) is 19.4. The van der Waals surface area contributed by atoms with Crippen LogP contribution in [0.25, 0.3) is 11.1 Å². The molecular formula is C47H42N2O5S. The molecule has 6 aromatic carbocycles. The lowest BCUT2D eigenvalue weighted by Crippen LogP contribution is -2.52. The van der Waals surface area contributed by atoms with Gasteiger partial charge in [-0.15, -0.1) is 11.8 Å². The van der Waals surface area contributed by atoms with Crippen molar-refractivity contribution >= 4 is 29.7 Å². The van der Waals surface area contributed by atoms with Gasteiger partial charge in [-0.25, -0.2) is 9.59 Å². The van der Waals surface area contributed by atoms with Crippen molar-refractivity contribution in [3.8, 4) is 11.1 Å². The number of fused-ring (bicyclic) bond motifs is 3. The fourth-order valence-corrected chi connectivity index (χ4v) is 8.73. The third-order valence-electron chi connectivity index (χ3n) is 9.90. The molecular weight excluding hydrogens is 705 g/mol. The molecule has 0 radical (unpaired) electrons. The first kappa shape index (κ1) is 37.2. The Morgan fingerprint density at radius 1 is 0.600 bits per heavy atom. The van der Waals surface area contributed by atoms with Gasteiger partial charge in [0.25, 0.3) is 0 Å². The predicted octanol–water partition coefficient (Wildman–Crippen LogP) is 8.87. The highest BCUT2D eigenvalue weighted by atomic mass is 32.2. The summed E-state index contributed by atoms with van der Waals surface area (Å²) in [6, 6.07) is 53.9. The van der Waals surface area contributed by atoms with Crippen molar-refractivity contribution in [2.75, 3.05) is 12.4 Å². The van der Waals surface area contributed by atoms with Crippen molar-refractivity contribution < 1.29 is 23.9 Å². The maximum Gasteiger partial charge on any atom is 0.407 e. The average molecular weight is 747 g/mol. The van der Waals surface area contributed by atoms with Gasteiger partial charge < -0.3 is 20.1 Å². The fourth-order valence-electron chi connectivity index (χ4n) is 7.17. The number of nitrogens with one attached hydrogen (secondary N) is 2. The van der Waals surface area contributed by atoms with Gasteiger partial charge in [0.2, 0.25) is 5.91 Å². The van der Waals surface area contributed by atoms with Crippen LogP contribution >= 0.6 is 11.8 Å². The molecule has 0 fully saturated rings. The highest BCUT2D eigenvalue weighted by Gasteiger charge is 2.39. The maximum atomic E-state index is 14.2. The Hall–Kier alpha value is -6.12. The summed E-state index contributed by atoms with van der Waals surface area (Å²) in [5.74, 6) is -1.13. The number of hydrogen-bond donors (Lipinski definition) is 2. The van der Waals surface area contributed by atoms with Crippen molar-refractivity contribution in [1.29, 1.82) is 0 Å². The van der Waals surface area contributed by atoms with Crippen molar-refractivity contribution in [3.63, 3.8) is 0 Å². The van der Waals surface area contributed by atoms with Crippen LogP contribution in [0, 0.1) is 0 Å². The van der Waals surface area contributed by atoms with E-state index in [0.717, 1.165) is 44.5 Å². The molecule has 7 nitrogen and oxygen atoms in total. The Morgan fingerprint density at radius 2 is 1.05 bits per heavy atom. The van der Waals surface area contributed by atoms with Gasteiger partial charge >= 0.3 is 12.1 Å². The first-order valence-electron chi connectivity index (χ1n) is 18.4. The molecule has 8 heteroatoms. The zero-order valence-corrected chi connectivity index (χ0v) is 31.3. The SMILES string of the molecule is C[C@H](NC(=O)[C@H](CSC(c1ccccc1)(c1ccccc1)c1ccccc1)NC(=O)OCC1c2ccccc2-c2ccccc21)C(=O)OCc1ccccc1. The van der Waals surface area contributed by atoms with Crippen LogP contribution in [0.2, 0.25) is 0 Å². The van der Waals surface area contributed by atoms with Crippen LogP contribution < -0.4 is 10.6 Å². The normalized spacial score (nSPS) is 13.1. The number of alkyl carbamates (subject to hydrolysis) is 1. The molecule has 0 bridgehead atoms. The number of hydrogen-bond acceptors (Lipinski definition) is 6. The van der Waals surface area contributed by atoms with Crippen molar-refractivity contribution in [2.45, 2.75) is 36.3 Å². The molecule has 1 aliphatic rings. The molecule has 55 heavy (non-hydrogen) atoms. The Balaban J connectivity index is 1.15. The minimum absolute atomic E-state index is 0.0743.